The van der Waals surface area contributed by atoms with Crippen molar-refractivity contribution in [3.8, 4) is 22.5 Å². The van der Waals surface area contributed by atoms with Crippen molar-refractivity contribution in [3.63, 3.8) is 0 Å². The lowest BCUT2D eigenvalue weighted by Crippen LogP contribution is -2.23. The number of carbonyl (C=O) groups is 2. The monoisotopic (exact) mass is 950 g/mol. The van der Waals surface area contributed by atoms with Gasteiger partial charge in [-0.3, -0.25) is 9.13 Å². The Morgan fingerprint density at radius 2 is 1.12 bits per heavy atom. The molecule has 12 nitrogen and oxygen atoms in total. The lowest BCUT2D eigenvalue weighted by Gasteiger charge is -2.19. The Bertz CT molecular complexity index is 2400. The van der Waals surface area contributed by atoms with Crippen LogP contribution in [0.4, 0.5) is 0 Å². The molecule has 16 heteroatoms. The Balaban J connectivity index is 0.000000223. The van der Waals surface area contributed by atoms with Gasteiger partial charge in [-0.05, 0) is 112 Å². The number of halogens is 2. The topological polar surface area (TPSA) is 143 Å². The van der Waals surface area contributed by atoms with E-state index in [0.717, 1.165) is 51.3 Å². The number of hydrogen-bond acceptors (Lipinski definition) is 9. The molecule has 6 rings (SSSR count). The summed E-state index contributed by atoms with van der Waals surface area (Å²) in [5.41, 5.74) is 6.55. The quantitative estimate of drug-likeness (QED) is 0.0636. The zero-order chi connectivity index (χ0) is 42.4. The van der Waals surface area contributed by atoms with Crippen LogP contribution >= 0.6 is 31.9 Å². The van der Waals surface area contributed by atoms with Crippen molar-refractivity contribution in [2.45, 2.75) is 91.2 Å². The molecule has 0 aliphatic carbocycles. The summed E-state index contributed by atoms with van der Waals surface area (Å²) in [4.78, 5) is 42.0. The summed E-state index contributed by atoms with van der Waals surface area (Å²) >= 11 is 6.75. The van der Waals surface area contributed by atoms with Crippen LogP contribution in [0.25, 0.3) is 44.8 Å². The molecule has 4 heterocycles. The minimum atomic E-state index is -1.18. The van der Waals surface area contributed by atoms with Crippen LogP contribution in [0.2, 0.25) is 51.4 Å². The van der Waals surface area contributed by atoms with Crippen LogP contribution in [0, 0.1) is 0 Å². The maximum absolute atomic E-state index is 12.6. The van der Waals surface area contributed by atoms with E-state index >= 15 is 0 Å². The van der Waals surface area contributed by atoms with Gasteiger partial charge < -0.3 is 19.3 Å². The number of aromatic nitrogens is 6. The molecule has 0 spiro atoms. The predicted molar refractivity (Wildman–Crippen MR) is 242 cm³/mol. The van der Waals surface area contributed by atoms with E-state index in [-0.39, 0.29) is 11.5 Å². The molecule has 0 fully saturated rings. The van der Waals surface area contributed by atoms with Crippen molar-refractivity contribution in [2.24, 2.45) is 0 Å². The van der Waals surface area contributed by atoms with Crippen LogP contribution in [0.3, 0.4) is 0 Å². The number of carboxylic acids is 1. The van der Waals surface area contributed by atoms with E-state index in [0.29, 0.717) is 47.1 Å². The number of nitrogens with zero attached hydrogens (tertiary/aromatic N) is 6. The summed E-state index contributed by atoms with van der Waals surface area (Å²) in [5, 5.41) is 9.29. The van der Waals surface area contributed by atoms with E-state index in [4.69, 9.17) is 14.2 Å². The maximum atomic E-state index is 12.6. The molecule has 1 N–H and O–H groups in total. The number of hydrogen-bond donors (Lipinski definition) is 1. The second-order valence-corrected chi connectivity index (χ2v) is 30.3. The van der Waals surface area contributed by atoms with Gasteiger partial charge in [-0.25, -0.2) is 29.5 Å². The van der Waals surface area contributed by atoms with Gasteiger partial charge in [0.25, 0.3) is 0 Å². The summed E-state index contributed by atoms with van der Waals surface area (Å²) in [5.74, 6) is -1.30. The number of carbonyl (C=O) groups excluding carboxylic acids is 1. The minimum Gasteiger partial charge on any atom is -0.478 e. The number of carboxylic acid groups (broad SMARTS) is 1. The fourth-order valence-corrected chi connectivity index (χ4v) is 7.86. The molecule has 0 amide bonds. The molecule has 0 bridgehead atoms. The number of esters is 1. The molecule has 6 aromatic rings. The zero-order valence-corrected chi connectivity index (χ0v) is 39.8. The van der Waals surface area contributed by atoms with Gasteiger partial charge in [0, 0.05) is 29.4 Å². The second kappa shape index (κ2) is 18.9. The van der Waals surface area contributed by atoms with Crippen LogP contribution in [0.5, 0.6) is 0 Å². The average Bonchev–Trinajstić information content (AvgIpc) is 3.68. The molecule has 0 saturated carbocycles. The molecule has 58 heavy (non-hydrogen) atoms. The highest BCUT2D eigenvalue weighted by Gasteiger charge is 2.21. The maximum Gasteiger partial charge on any atom is 0.338 e. The van der Waals surface area contributed by atoms with Gasteiger partial charge in [0.2, 0.25) is 0 Å². The Labute approximate surface area is 358 Å². The Morgan fingerprint density at radius 3 is 1.53 bits per heavy atom. The smallest absolute Gasteiger partial charge is 0.338 e. The van der Waals surface area contributed by atoms with Gasteiger partial charge in [-0.1, -0.05) is 63.5 Å². The summed E-state index contributed by atoms with van der Waals surface area (Å²) < 4.78 is 22.8. The number of aromatic carboxylic acids is 1. The van der Waals surface area contributed by atoms with Crippen molar-refractivity contribution < 1.29 is 28.9 Å². The third-order valence-corrected chi connectivity index (χ3v) is 12.9. The molecule has 0 unspecified atom stereocenters. The first-order chi connectivity index (χ1) is 27.2. The molecule has 0 aliphatic rings. The van der Waals surface area contributed by atoms with Crippen molar-refractivity contribution in [2.75, 3.05) is 13.2 Å². The Morgan fingerprint density at radius 1 is 0.690 bits per heavy atom. The standard InChI is InChI=1S/C23H30BrN3O3Si.C19H22BrN3O3Si/c1-23(2,3)30-22(28)17-9-7-8-16(12-17)19-13-18-21(25-14-20(24)26-18)27(19)15-29-10-11-31(4,5)6;1-27(2,3)8-7-26-12-23-16(10-15-18(23)21-11-17(20)22-15)13-5-4-6-14(9-13)19(24)25/h7-9,12-14H,10-11,15H2,1-6H3;4-6,9-11H,7-8,12H2,1-3H3,(H,24,25). The number of fused-ring (bicyclic) bond motifs is 2. The van der Waals surface area contributed by atoms with Gasteiger partial charge in [0.15, 0.2) is 11.3 Å². The summed E-state index contributed by atoms with van der Waals surface area (Å²) in [6.07, 6.45) is 3.33. The third kappa shape index (κ3) is 12.7. The van der Waals surface area contributed by atoms with E-state index in [1.54, 1.807) is 36.7 Å². The number of ether oxygens (including phenoxy) is 3. The lowest BCUT2D eigenvalue weighted by atomic mass is 10.1. The molecule has 0 radical (unpaired) electrons. The highest BCUT2D eigenvalue weighted by molar-refractivity contribution is 9.10. The summed E-state index contributed by atoms with van der Waals surface area (Å²) in [6, 6.07) is 20.4. The summed E-state index contributed by atoms with van der Waals surface area (Å²) in [6.45, 7) is 21.6. The molecule has 0 aliphatic heterocycles. The van der Waals surface area contributed by atoms with Crippen LogP contribution in [-0.4, -0.2) is 81.1 Å². The molecule has 0 saturated heterocycles. The second-order valence-electron chi connectivity index (χ2n) is 17.4. The molecule has 308 valence electrons. The first-order valence-corrected chi connectivity index (χ1v) is 28.0. The van der Waals surface area contributed by atoms with Gasteiger partial charge in [0.05, 0.1) is 34.9 Å². The van der Waals surface area contributed by atoms with Crippen molar-refractivity contribution >= 4 is 82.3 Å². The zero-order valence-electron chi connectivity index (χ0n) is 34.6. The molecular weight excluding hydrogens is 900 g/mol. The Kier molecular flexibility index (Phi) is 14.7. The van der Waals surface area contributed by atoms with Crippen LogP contribution in [-0.2, 0) is 27.7 Å². The molecule has 0 atom stereocenters. The van der Waals surface area contributed by atoms with E-state index < -0.39 is 27.7 Å². The normalized spacial score (nSPS) is 12.1. The van der Waals surface area contributed by atoms with Crippen molar-refractivity contribution in [3.05, 3.63) is 93.4 Å². The SMILES string of the molecule is CC(C)(C)OC(=O)c1cccc(-c2cc3nc(Br)cnc3n2COCC[Si](C)(C)C)c1.C[Si](C)(C)CCOCn1c(-c2cccc(C(=O)O)c2)cc2nc(Br)cnc21. The fourth-order valence-electron chi connectivity index (χ4n) is 5.76. The van der Waals surface area contributed by atoms with Gasteiger partial charge in [0.1, 0.15) is 39.3 Å². The number of rotatable bonds is 14. The highest BCUT2D eigenvalue weighted by Crippen LogP contribution is 2.30. The minimum absolute atomic E-state index is 0.242. The lowest BCUT2D eigenvalue weighted by molar-refractivity contribution is 0.00692. The first-order valence-electron chi connectivity index (χ1n) is 19.0. The van der Waals surface area contributed by atoms with E-state index in [1.165, 1.54) is 0 Å². The fraction of sp³-hybridized carbons (Fsp3) is 0.381. The van der Waals surface area contributed by atoms with E-state index in [2.05, 4.69) is 91.1 Å². The number of benzene rings is 2. The van der Waals surface area contributed by atoms with Crippen molar-refractivity contribution in [1.82, 2.24) is 29.1 Å². The van der Waals surface area contributed by atoms with Gasteiger partial charge in [-0.15, -0.1) is 0 Å². The third-order valence-electron chi connectivity index (χ3n) is 8.77. The Hall–Kier alpha value is -4.07. The van der Waals surface area contributed by atoms with Crippen LogP contribution in [0.1, 0.15) is 41.5 Å². The first kappa shape index (κ1) is 45.0. The highest BCUT2D eigenvalue weighted by atomic mass is 79.9. The van der Waals surface area contributed by atoms with Crippen molar-refractivity contribution in [1.29, 1.82) is 0 Å². The van der Waals surface area contributed by atoms with Crippen LogP contribution in [0.15, 0.2) is 82.3 Å². The van der Waals surface area contributed by atoms with E-state index in [1.807, 2.05) is 66.3 Å². The predicted octanol–water partition coefficient (Wildman–Crippen LogP) is 11.0. The summed E-state index contributed by atoms with van der Waals surface area (Å²) in [7, 11) is -2.35. The van der Waals surface area contributed by atoms with E-state index in [9.17, 15) is 14.7 Å². The van der Waals surface area contributed by atoms with Gasteiger partial charge in [-0.2, -0.15) is 0 Å². The molecule has 2 aromatic carbocycles. The average molecular weight is 953 g/mol. The largest absolute Gasteiger partial charge is 0.478 e. The van der Waals surface area contributed by atoms with Crippen LogP contribution < -0.4 is 0 Å². The molecular formula is C42H52Br2N6O6Si2. The molecule has 4 aromatic heterocycles. The van der Waals surface area contributed by atoms with Gasteiger partial charge >= 0.3 is 11.9 Å².